The van der Waals surface area contributed by atoms with Crippen LogP contribution in [0.4, 0.5) is 5.69 Å². The molecule has 3 rings (SSSR count). The maximum atomic E-state index is 6.20. The van der Waals surface area contributed by atoms with Crippen molar-refractivity contribution in [2.45, 2.75) is 6.92 Å². The molecular weight excluding hydrogens is 248 g/mol. The molecule has 3 aromatic rings. The second kappa shape index (κ2) is 4.03. The molecule has 90 valence electrons. The molecule has 0 aliphatic carbocycles. The molecule has 2 aromatic carbocycles. The van der Waals surface area contributed by atoms with Crippen LogP contribution in [-0.2, 0) is 0 Å². The predicted octanol–water partition coefficient (Wildman–Crippen LogP) is 4.04. The average molecular weight is 259 g/mol. The van der Waals surface area contributed by atoms with Crippen molar-refractivity contribution in [3.8, 4) is 11.5 Å². The number of halogens is 1. The number of fused-ring (bicyclic) bond motifs is 1. The Balaban J connectivity index is 2.23. The van der Waals surface area contributed by atoms with Crippen LogP contribution < -0.4 is 5.73 Å². The lowest BCUT2D eigenvalue weighted by molar-refractivity contribution is 0.620. The minimum Gasteiger partial charge on any atom is -0.436 e. The number of hydrogen-bond acceptors (Lipinski definition) is 3. The quantitative estimate of drug-likeness (QED) is 0.670. The van der Waals surface area contributed by atoms with Crippen molar-refractivity contribution in [3.05, 3.63) is 47.0 Å². The minimum absolute atomic E-state index is 0.493. The molecule has 0 bridgehead atoms. The normalized spacial score (nSPS) is 11.0. The third-order valence-corrected chi connectivity index (χ3v) is 3.12. The molecule has 2 N–H and O–H groups in total. The SMILES string of the molecule is Cc1ccc(-c2nc3c(N)cccc3o2)c(Cl)c1. The highest BCUT2D eigenvalue weighted by Crippen LogP contribution is 2.32. The fourth-order valence-corrected chi connectivity index (χ4v) is 2.19. The Labute approximate surface area is 109 Å². The van der Waals surface area contributed by atoms with Crippen LogP contribution in [0.1, 0.15) is 5.56 Å². The summed E-state index contributed by atoms with van der Waals surface area (Å²) < 4.78 is 5.68. The van der Waals surface area contributed by atoms with Crippen molar-refractivity contribution in [1.29, 1.82) is 0 Å². The number of nitrogens with two attached hydrogens (primary N) is 1. The van der Waals surface area contributed by atoms with Crippen LogP contribution in [0.5, 0.6) is 0 Å². The highest BCUT2D eigenvalue weighted by atomic mass is 35.5. The van der Waals surface area contributed by atoms with E-state index in [0.717, 1.165) is 11.1 Å². The molecule has 0 aliphatic heterocycles. The Morgan fingerprint density at radius 2 is 2.06 bits per heavy atom. The summed E-state index contributed by atoms with van der Waals surface area (Å²) >= 11 is 6.20. The molecule has 0 aliphatic rings. The van der Waals surface area contributed by atoms with Crippen molar-refractivity contribution in [2.75, 3.05) is 5.73 Å². The Hall–Kier alpha value is -2.00. The Morgan fingerprint density at radius 1 is 1.22 bits per heavy atom. The van der Waals surface area contributed by atoms with E-state index in [2.05, 4.69) is 4.98 Å². The number of benzene rings is 2. The summed E-state index contributed by atoms with van der Waals surface area (Å²) in [5, 5.41) is 0.625. The zero-order valence-corrected chi connectivity index (χ0v) is 10.5. The van der Waals surface area contributed by atoms with Crippen molar-refractivity contribution < 1.29 is 4.42 Å². The molecule has 1 heterocycles. The Morgan fingerprint density at radius 3 is 2.78 bits per heavy atom. The van der Waals surface area contributed by atoms with Gasteiger partial charge in [-0.3, -0.25) is 0 Å². The molecule has 0 radical (unpaired) electrons. The van der Waals surface area contributed by atoms with Gasteiger partial charge in [0.25, 0.3) is 0 Å². The molecule has 0 unspecified atom stereocenters. The molecule has 3 nitrogen and oxygen atoms in total. The number of aryl methyl sites for hydroxylation is 1. The van der Waals surface area contributed by atoms with Gasteiger partial charge in [0.15, 0.2) is 5.58 Å². The predicted molar refractivity (Wildman–Crippen MR) is 73.6 cm³/mol. The average Bonchev–Trinajstić information content (AvgIpc) is 2.74. The molecule has 4 heteroatoms. The molecule has 0 fully saturated rings. The van der Waals surface area contributed by atoms with Crippen LogP contribution in [0.15, 0.2) is 40.8 Å². The van der Waals surface area contributed by atoms with Crippen molar-refractivity contribution >= 4 is 28.4 Å². The number of aromatic nitrogens is 1. The molecule has 0 amide bonds. The summed E-state index contributed by atoms with van der Waals surface area (Å²) in [6.07, 6.45) is 0. The van der Waals surface area contributed by atoms with Gasteiger partial charge in [0.1, 0.15) is 5.52 Å². The summed E-state index contributed by atoms with van der Waals surface area (Å²) in [5.74, 6) is 0.493. The van der Waals surface area contributed by atoms with Crippen molar-refractivity contribution in [3.63, 3.8) is 0 Å². The first kappa shape index (κ1) is 11.1. The molecule has 1 aromatic heterocycles. The zero-order valence-electron chi connectivity index (χ0n) is 9.77. The Bertz CT molecular complexity index is 734. The molecule has 0 saturated carbocycles. The number of rotatable bonds is 1. The molecule has 18 heavy (non-hydrogen) atoms. The van der Waals surface area contributed by atoms with Gasteiger partial charge >= 0.3 is 0 Å². The van der Waals surface area contributed by atoms with Gasteiger partial charge in [-0.05, 0) is 36.8 Å². The van der Waals surface area contributed by atoms with Crippen LogP contribution in [0, 0.1) is 6.92 Å². The van der Waals surface area contributed by atoms with E-state index in [1.807, 2.05) is 37.3 Å². The smallest absolute Gasteiger partial charge is 0.228 e. The number of anilines is 1. The summed E-state index contributed by atoms with van der Waals surface area (Å²) in [7, 11) is 0. The van der Waals surface area contributed by atoms with Crippen LogP contribution >= 0.6 is 11.6 Å². The number of nitrogens with zero attached hydrogens (tertiary/aromatic N) is 1. The van der Waals surface area contributed by atoms with Gasteiger partial charge in [-0.15, -0.1) is 0 Å². The highest BCUT2D eigenvalue weighted by Gasteiger charge is 2.12. The second-order valence-electron chi connectivity index (χ2n) is 4.20. The molecular formula is C14H11ClN2O. The van der Waals surface area contributed by atoms with E-state index in [1.54, 1.807) is 6.07 Å². The van der Waals surface area contributed by atoms with Crippen LogP contribution in [0.2, 0.25) is 5.02 Å². The van der Waals surface area contributed by atoms with E-state index < -0.39 is 0 Å². The minimum atomic E-state index is 0.493. The van der Waals surface area contributed by atoms with E-state index in [9.17, 15) is 0 Å². The molecule has 0 atom stereocenters. The van der Waals surface area contributed by atoms with E-state index in [-0.39, 0.29) is 0 Å². The maximum Gasteiger partial charge on any atom is 0.228 e. The zero-order chi connectivity index (χ0) is 12.7. The molecule has 0 saturated heterocycles. The van der Waals surface area contributed by atoms with Gasteiger partial charge in [0.2, 0.25) is 5.89 Å². The highest BCUT2D eigenvalue weighted by molar-refractivity contribution is 6.33. The largest absolute Gasteiger partial charge is 0.436 e. The summed E-state index contributed by atoms with van der Waals surface area (Å²) in [6.45, 7) is 1.99. The standard InChI is InChI=1S/C14H11ClN2O/c1-8-5-6-9(10(15)7-8)14-17-13-11(16)3-2-4-12(13)18-14/h2-7H,16H2,1H3. The first-order valence-electron chi connectivity index (χ1n) is 5.57. The van der Waals surface area contributed by atoms with E-state index in [4.69, 9.17) is 21.8 Å². The lowest BCUT2D eigenvalue weighted by Crippen LogP contribution is -1.85. The van der Waals surface area contributed by atoms with Crippen molar-refractivity contribution in [1.82, 2.24) is 4.98 Å². The van der Waals surface area contributed by atoms with Gasteiger partial charge in [0, 0.05) is 0 Å². The van der Waals surface area contributed by atoms with Gasteiger partial charge in [-0.2, -0.15) is 0 Å². The van der Waals surface area contributed by atoms with Crippen LogP contribution in [-0.4, -0.2) is 4.98 Å². The number of oxazole rings is 1. The van der Waals surface area contributed by atoms with E-state index in [1.165, 1.54) is 0 Å². The molecule has 0 spiro atoms. The number of nitrogen functional groups attached to an aromatic ring is 1. The third kappa shape index (κ3) is 1.73. The van der Waals surface area contributed by atoms with Crippen molar-refractivity contribution in [2.24, 2.45) is 0 Å². The monoisotopic (exact) mass is 258 g/mol. The van der Waals surface area contributed by atoms with Crippen LogP contribution in [0.3, 0.4) is 0 Å². The second-order valence-corrected chi connectivity index (χ2v) is 4.60. The van der Waals surface area contributed by atoms with Gasteiger partial charge in [-0.25, -0.2) is 4.98 Å². The lowest BCUT2D eigenvalue weighted by atomic mass is 10.1. The number of hydrogen-bond donors (Lipinski definition) is 1. The fraction of sp³-hybridized carbons (Fsp3) is 0.0714. The lowest BCUT2D eigenvalue weighted by Gasteiger charge is -2.00. The van der Waals surface area contributed by atoms with E-state index in [0.29, 0.717) is 27.7 Å². The van der Waals surface area contributed by atoms with Crippen LogP contribution in [0.25, 0.3) is 22.6 Å². The third-order valence-electron chi connectivity index (χ3n) is 2.81. The first-order chi connectivity index (χ1) is 8.65. The first-order valence-corrected chi connectivity index (χ1v) is 5.94. The topological polar surface area (TPSA) is 52.0 Å². The summed E-state index contributed by atoms with van der Waals surface area (Å²) in [4.78, 5) is 4.40. The van der Waals surface area contributed by atoms with E-state index >= 15 is 0 Å². The van der Waals surface area contributed by atoms with Gasteiger partial charge in [0.05, 0.1) is 16.3 Å². The van der Waals surface area contributed by atoms with Gasteiger partial charge < -0.3 is 10.2 Å². The summed E-state index contributed by atoms with van der Waals surface area (Å²) in [5.41, 5.74) is 9.67. The Kier molecular flexibility index (Phi) is 2.49. The number of para-hydroxylation sites is 1. The maximum absolute atomic E-state index is 6.20. The summed E-state index contributed by atoms with van der Waals surface area (Å²) in [6, 6.07) is 11.2. The fourth-order valence-electron chi connectivity index (χ4n) is 1.88. The van der Waals surface area contributed by atoms with Gasteiger partial charge in [-0.1, -0.05) is 23.7 Å².